The van der Waals surface area contributed by atoms with Crippen LogP contribution >= 0.6 is 8.38 Å². The summed E-state index contributed by atoms with van der Waals surface area (Å²) in [5.74, 6) is -0.140. The molecule has 1 N–H and O–H groups in total. The molecule has 1 aliphatic carbocycles. The van der Waals surface area contributed by atoms with E-state index in [1.54, 1.807) is 37.4 Å². The fraction of sp³-hybridized carbons (Fsp3) is 0.520. The van der Waals surface area contributed by atoms with Crippen molar-refractivity contribution in [3.05, 3.63) is 58.1 Å². The number of rotatable bonds is 9. The normalized spacial score (nSPS) is 28.1. The van der Waals surface area contributed by atoms with E-state index in [0.29, 0.717) is 24.2 Å². The Morgan fingerprint density at radius 1 is 1.33 bits per heavy atom. The highest BCUT2D eigenvalue weighted by molar-refractivity contribution is 7.46. The average Bonchev–Trinajstić information content (AvgIpc) is 3.53. The zero-order valence-electron chi connectivity index (χ0n) is 20.5. The molecule has 1 aromatic carbocycles. The van der Waals surface area contributed by atoms with Gasteiger partial charge in [-0.1, -0.05) is 25.1 Å². The third-order valence-electron chi connectivity index (χ3n) is 7.16. The Kier molecular flexibility index (Phi) is 6.70. The number of anilines is 1. The van der Waals surface area contributed by atoms with Crippen molar-refractivity contribution in [2.75, 3.05) is 18.6 Å². The summed E-state index contributed by atoms with van der Waals surface area (Å²) in [5, 5.41) is 11.5. The quantitative estimate of drug-likeness (QED) is 0.399. The summed E-state index contributed by atoms with van der Waals surface area (Å²) in [7, 11) is -1.27. The molecule has 10 nitrogen and oxygen atoms in total. The standard InChI is InChI=1S/C25H29N4O6P/c1-4-25-19(35-36(3)32-14-8-13-26)18(33-24(25)11-12-24)22(34-25)29-15-16(2)20(28-23(29)31)27-21(30)17-9-6-5-7-10-17/h5-7,9-10,15,18-19,22H,4,8,11-12,14H2,1-3H3,(H,27,28,30,31)/t18-,19?,22+,25-,36?/m0/s1. The molecule has 11 heteroatoms. The van der Waals surface area contributed by atoms with Gasteiger partial charge >= 0.3 is 5.69 Å². The first-order chi connectivity index (χ1) is 17.3. The Morgan fingerprint density at radius 2 is 2.08 bits per heavy atom. The summed E-state index contributed by atoms with van der Waals surface area (Å²) >= 11 is 0. The Bertz CT molecular complexity index is 1240. The van der Waals surface area contributed by atoms with Crippen LogP contribution in [-0.2, 0) is 18.5 Å². The molecule has 1 spiro atoms. The van der Waals surface area contributed by atoms with E-state index in [1.807, 2.05) is 19.7 Å². The Labute approximate surface area is 210 Å². The largest absolute Gasteiger partial charge is 0.361 e. The van der Waals surface area contributed by atoms with E-state index in [-0.39, 0.29) is 18.1 Å². The van der Waals surface area contributed by atoms with Gasteiger partial charge in [0.05, 0.1) is 19.1 Å². The van der Waals surface area contributed by atoms with Gasteiger partial charge in [0, 0.05) is 24.0 Å². The molecule has 0 radical (unpaired) electrons. The molecule has 2 saturated heterocycles. The molecule has 2 aromatic rings. The highest BCUT2D eigenvalue weighted by Crippen LogP contribution is 2.67. The van der Waals surface area contributed by atoms with Gasteiger partial charge in [-0.25, -0.2) is 4.79 Å². The summed E-state index contributed by atoms with van der Waals surface area (Å²) in [4.78, 5) is 29.8. The Hall–Kier alpha value is -2.67. The molecule has 3 fully saturated rings. The summed E-state index contributed by atoms with van der Waals surface area (Å²) in [5.41, 5.74) is -0.576. The number of nitrogens with one attached hydrogen (secondary N) is 1. The molecular formula is C25H29N4O6P. The number of amides is 1. The van der Waals surface area contributed by atoms with Crippen molar-refractivity contribution in [2.24, 2.45) is 0 Å². The highest BCUT2D eigenvalue weighted by atomic mass is 31.2. The van der Waals surface area contributed by atoms with E-state index in [1.165, 1.54) is 4.57 Å². The SMILES string of the molecule is CC[C@@]12O[C@@H](n3cc(C)c(NC(=O)c4ccccc4)nc3=O)[C@@H](OC13CC3)C2OP(C)OCCC#N. The van der Waals surface area contributed by atoms with Crippen LogP contribution in [-0.4, -0.2) is 52.1 Å². The van der Waals surface area contributed by atoms with Gasteiger partial charge in [0.2, 0.25) is 0 Å². The number of nitriles is 1. The molecule has 2 bridgehead atoms. The number of fused-ring (bicyclic) bond motifs is 3. The van der Waals surface area contributed by atoms with Gasteiger partial charge in [-0.05, 0) is 38.3 Å². The second kappa shape index (κ2) is 9.66. The second-order valence-corrected chi connectivity index (χ2v) is 10.7. The van der Waals surface area contributed by atoms with Crippen molar-refractivity contribution in [1.29, 1.82) is 5.26 Å². The first-order valence-electron chi connectivity index (χ1n) is 12.1. The molecule has 5 atom stereocenters. The van der Waals surface area contributed by atoms with E-state index in [0.717, 1.165) is 12.8 Å². The minimum Gasteiger partial charge on any atom is -0.361 e. The van der Waals surface area contributed by atoms with Crippen LogP contribution in [0.4, 0.5) is 5.82 Å². The monoisotopic (exact) mass is 512 g/mol. The first-order valence-corrected chi connectivity index (χ1v) is 13.7. The molecule has 2 unspecified atom stereocenters. The number of aryl methyl sites for hydroxylation is 1. The van der Waals surface area contributed by atoms with Crippen LogP contribution in [0.3, 0.4) is 0 Å². The van der Waals surface area contributed by atoms with Gasteiger partial charge in [0.1, 0.15) is 29.2 Å². The maximum Gasteiger partial charge on any atom is 0.351 e. The third-order valence-corrected chi connectivity index (χ3v) is 8.23. The van der Waals surface area contributed by atoms with Crippen molar-refractivity contribution >= 4 is 20.1 Å². The fourth-order valence-electron chi connectivity index (χ4n) is 5.29. The number of hydrogen-bond donors (Lipinski definition) is 1. The molecule has 2 aliphatic heterocycles. The van der Waals surface area contributed by atoms with Gasteiger partial charge < -0.3 is 23.8 Å². The van der Waals surface area contributed by atoms with Crippen LogP contribution < -0.4 is 11.0 Å². The first kappa shape index (κ1) is 25.0. The van der Waals surface area contributed by atoms with Crippen LogP contribution in [0.5, 0.6) is 0 Å². The maximum absolute atomic E-state index is 13.1. The molecule has 5 rings (SSSR count). The molecule has 1 amide bonds. The molecule has 1 aromatic heterocycles. The molecule has 3 heterocycles. The lowest BCUT2D eigenvalue weighted by Crippen LogP contribution is -2.49. The topological polar surface area (TPSA) is 125 Å². The fourth-order valence-corrected chi connectivity index (χ4v) is 6.31. The zero-order chi connectivity index (χ0) is 25.5. The number of nitrogens with zero attached hydrogens (tertiary/aromatic N) is 3. The van der Waals surface area contributed by atoms with Gasteiger partial charge in [0.15, 0.2) is 14.6 Å². The van der Waals surface area contributed by atoms with E-state index in [2.05, 4.69) is 16.4 Å². The summed E-state index contributed by atoms with van der Waals surface area (Å²) < 4.78 is 26.6. The Balaban J connectivity index is 1.39. The molecule has 3 aliphatic rings. The van der Waals surface area contributed by atoms with Gasteiger partial charge in [-0.15, -0.1) is 0 Å². The molecular weight excluding hydrogens is 483 g/mol. The number of benzene rings is 1. The van der Waals surface area contributed by atoms with Gasteiger partial charge in [-0.2, -0.15) is 10.2 Å². The number of ether oxygens (including phenoxy) is 2. The van der Waals surface area contributed by atoms with E-state index >= 15 is 0 Å². The van der Waals surface area contributed by atoms with Crippen LogP contribution in [0.15, 0.2) is 41.3 Å². The van der Waals surface area contributed by atoms with Crippen molar-refractivity contribution in [3.63, 3.8) is 0 Å². The predicted molar refractivity (Wildman–Crippen MR) is 132 cm³/mol. The average molecular weight is 513 g/mol. The lowest BCUT2D eigenvalue weighted by molar-refractivity contribution is -0.225. The second-order valence-electron chi connectivity index (χ2n) is 9.32. The van der Waals surface area contributed by atoms with E-state index in [9.17, 15) is 9.59 Å². The van der Waals surface area contributed by atoms with Crippen LogP contribution in [0.1, 0.15) is 54.8 Å². The summed E-state index contributed by atoms with van der Waals surface area (Å²) in [6.07, 6.45) is 2.67. The van der Waals surface area contributed by atoms with Crippen LogP contribution in [0.25, 0.3) is 0 Å². The number of carbonyl (C=O) groups is 1. The van der Waals surface area contributed by atoms with Crippen LogP contribution in [0, 0.1) is 18.3 Å². The Morgan fingerprint density at radius 3 is 2.75 bits per heavy atom. The van der Waals surface area contributed by atoms with E-state index < -0.39 is 43.7 Å². The minimum absolute atomic E-state index is 0.203. The van der Waals surface area contributed by atoms with Crippen LogP contribution in [0.2, 0.25) is 0 Å². The molecule has 36 heavy (non-hydrogen) atoms. The number of hydrogen-bond acceptors (Lipinski definition) is 8. The third kappa shape index (κ3) is 4.15. The lowest BCUT2D eigenvalue weighted by Gasteiger charge is -2.38. The molecule has 1 saturated carbocycles. The van der Waals surface area contributed by atoms with Gasteiger partial charge in [-0.3, -0.25) is 9.36 Å². The van der Waals surface area contributed by atoms with Crippen molar-refractivity contribution in [1.82, 2.24) is 9.55 Å². The number of carbonyl (C=O) groups excluding carboxylic acids is 1. The number of aromatic nitrogens is 2. The summed E-state index contributed by atoms with van der Waals surface area (Å²) in [6.45, 7) is 5.96. The maximum atomic E-state index is 13.1. The van der Waals surface area contributed by atoms with Gasteiger partial charge in [0.25, 0.3) is 5.91 Å². The lowest BCUT2D eigenvalue weighted by atomic mass is 9.88. The summed E-state index contributed by atoms with van der Waals surface area (Å²) in [6, 6.07) is 10.8. The predicted octanol–water partition coefficient (Wildman–Crippen LogP) is 3.67. The molecule has 190 valence electrons. The van der Waals surface area contributed by atoms with Crippen molar-refractivity contribution < 1.29 is 23.3 Å². The smallest absolute Gasteiger partial charge is 0.351 e. The van der Waals surface area contributed by atoms with E-state index in [4.69, 9.17) is 23.8 Å². The van der Waals surface area contributed by atoms with Crippen molar-refractivity contribution in [2.45, 2.75) is 69.2 Å². The minimum atomic E-state index is -1.27. The highest BCUT2D eigenvalue weighted by Gasteiger charge is 2.78. The zero-order valence-corrected chi connectivity index (χ0v) is 21.4. The van der Waals surface area contributed by atoms with Crippen molar-refractivity contribution in [3.8, 4) is 6.07 Å².